The first-order chi connectivity index (χ1) is 11.2. The maximum atomic E-state index is 6.11. The van der Waals surface area contributed by atoms with E-state index in [1.165, 1.54) is 0 Å². The van der Waals surface area contributed by atoms with Crippen molar-refractivity contribution in [2.24, 2.45) is 11.5 Å². The number of hydrogen-bond donors (Lipinski definition) is 2. The van der Waals surface area contributed by atoms with Gasteiger partial charge in [0.25, 0.3) is 0 Å². The molecule has 23 heavy (non-hydrogen) atoms. The summed E-state index contributed by atoms with van der Waals surface area (Å²) in [5.41, 5.74) is 11.3. The van der Waals surface area contributed by atoms with Crippen molar-refractivity contribution in [3.63, 3.8) is 0 Å². The van der Waals surface area contributed by atoms with Crippen LogP contribution in [0.15, 0.2) is 0 Å². The van der Waals surface area contributed by atoms with Gasteiger partial charge in [-0.2, -0.15) is 0 Å². The Labute approximate surface area is 144 Å². The van der Waals surface area contributed by atoms with Gasteiger partial charge < -0.3 is 29.6 Å². The van der Waals surface area contributed by atoms with Gasteiger partial charge in [-0.25, -0.2) is 0 Å². The second kappa shape index (κ2) is 15.5. The molecule has 0 amide bonds. The summed E-state index contributed by atoms with van der Waals surface area (Å²) < 4.78 is 18.3. The number of rotatable bonds is 17. The summed E-state index contributed by atoms with van der Waals surface area (Å²) in [6.45, 7) is 12.5. The molecule has 0 aliphatic carbocycles. The van der Waals surface area contributed by atoms with E-state index >= 15 is 0 Å². The van der Waals surface area contributed by atoms with E-state index in [0.717, 1.165) is 51.4 Å². The molecule has 4 N–H and O–H groups in total. The zero-order valence-electron chi connectivity index (χ0n) is 15.5. The summed E-state index contributed by atoms with van der Waals surface area (Å²) >= 11 is 0. The van der Waals surface area contributed by atoms with Crippen molar-refractivity contribution >= 4 is 8.80 Å². The summed E-state index contributed by atoms with van der Waals surface area (Å²) in [5, 5.41) is 0. The molecule has 0 aliphatic heterocycles. The van der Waals surface area contributed by atoms with Crippen LogP contribution in [-0.4, -0.2) is 66.2 Å². The molecule has 0 saturated carbocycles. The van der Waals surface area contributed by atoms with E-state index < -0.39 is 8.80 Å². The summed E-state index contributed by atoms with van der Waals surface area (Å²) in [7, 11) is -2.56. The van der Waals surface area contributed by atoms with E-state index in [1.807, 2.05) is 0 Å². The van der Waals surface area contributed by atoms with Crippen molar-refractivity contribution in [1.82, 2.24) is 4.90 Å². The first-order valence-corrected chi connectivity index (χ1v) is 11.2. The van der Waals surface area contributed by atoms with Gasteiger partial charge in [-0.3, -0.25) is 0 Å². The number of nitrogens with zero attached hydrogens (tertiary/aromatic N) is 1. The first-order valence-electron chi connectivity index (χ1n) is 9.22. The molecule has 140 valence electrons. The van der Waals surface area contributed by atoms with Crippen LogP contribution in [0.25, 0.3) is 0 Å². The molecule has 0 bridgehead atoms. The molecule has 0 aromatic heterocycles. The highest BCUT2D eigenvalue weighted by Crippen LogP contribution is 2.20. The van der Waals surface area contributed by atoms with Gasteiger partial charge >= 0.3 is 8.80 Å². The lowest BCUT2D eigenvalue weighted by Gasteiger charge is -2.30. The van der Waals surface area contributed by atoms with Gasteiger partial charge in [0.05, 0.1) is 0 Å². The lowest BCUT2D eigenvalue weighted by atomic mass is 10.4. The maximum Gasteiger partial charge on any atom is 0.501 e. The SMILES string of the molecule is CCCO[Si](CCCN(CCN)CCN)(OCCC)OCCC. The van der Waals surface area contributed by atoms with Gasteiger partial charge in [-0.1, -0.05) is 20.8 Å². The average Bonchev–Trinajstić information content (AvgIpc) is 2.56. The Kier molecular flexibility index (Phi) is 15.5. The van der Waals surface area contributed by atoms with Crippen LogP contribution in [0, 0.1) is 0 Å². The van der Waals surface area contributed by atoms with Crippen LogP contribution >= 0.6 is 0 Å². The Morgan fingerprint density at radius 1 is 0.739 bits per heavy atom. The lowest BCUT2D eigenvalue weighted by molar-refractivity contribution is 0.0580. The van der Waals surface area contributed by atoms with E-state index in [-0.39, 0.29) is 0 Å². The highest BCUT2D eigenvalue weighted by Gasteiger charge is 2.40. The summed E-state index contributed by atoms with van der Waals surface area (Å²) in [6.07, 6.45) is 3.92. The fourth-order valence-corrected chi connectivity index (χ4v) is 5.15. The monoisotopic (exact) mass is 349 g/mol. The summed E-state index contributed by atoms with van der Waals surface area (Å²) in [5.74, 6) is 0. The third-order valence-corrected chi connectivity index (χ3v) is 6.32. The van der Waals surface area contributed by atoms with Crippen LogP contribution in [0.1, 0.15) is 46.5 Å². The highest BCUT2D eigenvalue weighted by atomic mass is 28.4. The fourth-order valence-electron chi connectivity index (χ4n) is 2.33. The molecule has 0 unspecified atom stereocenters. The lowest BCUT2D eigenvalue weighted by Crippen LogP contribution is -2.47. The number of hydrogen-bond acceptors (Lipinski definition) is 6. The Morgan fingerprint density at radius 2 is 1.17 bits per heavy atom. The van der Waals surface area contributed by atoms with Crippen LogP contribution in [0.3, 0.4) is 0 Å². The second-order valence-corrected chi connectivity index (χ2v) is 8.48. The van der Waals surface area contributed by atoms with Crippen LogP contribution in [0.2, 0.25) is 6.04 Å². The summed E-state index contributed by atoms with van der Waals surface area (Å²) in [4.78, 5) is 2.30. The van der Waals surface area contributed by atoms with E-state index in [9.17, 15) is 0 Å². The van der Waals surface area contributed by atoms with Crippen molar-refractivity contribution in [1.29, 1.82) is 0 Å². The van der Waals surface area contributed by atoms with Gasteiger partial charge in [0, 0.05) is 52.0 Å². The first kappa shape index (κ1) is 23.0. The maximum absolute atomic E-state index is 6.11. The molecule has 0 aromatic carbocycles. The molecule has 6 nitrogen and oxygen atoms in total. The Hall–Kier alpha value is -0.0231. The van der Waals surface area contributed by atoms with Gasteiger partial charge in [0.1, 0.15) is 0 Å². The predicted octanol–water partition coefficient (Wildman–Crippen LogP) is 1.81. The van der Waals surface area contributed by atoms with Crippen LogP contribution in [-0.2, 0) is 13.3 Å². The molecular formula is C16H39N3O3Si. The van der Waals surface area contributed by atoms with Crippen molar-refractivity contribution in [2.75, 3.05) is 52.5 Å². The molecule has 0 saturated heterocycles. The minimum atomic E-state index is -2.56. The van der Waals surface area contributed by atoms with Crippen molar-refractivity contribution in [3.8, 4) is 0 Å². The molecule has 0 radical (unpaired) electrons. The Bertz CT molecular complexity index is 233. The zero-order chi connectivity index (χ0) is 17.4. The zero-order valence-corrected chi connectivity index (χ0v) is 16.5. The molecule has 0 heterocycles. The summed E-state index contributed by atoms with van der Waals surface area (Å²) in [6, 6.07) is 0.860. The molecule has 0 rings (SSSR count). The normalized spacial score (nSPS) is 12.3. The fraction of sp³-hybridized carbons (Fsp3) is 1.00. The molecule has 0 aliphatic rings. The predicted molar refractivity (Wildman–Crippen MR) is 98.5 cm³/mol. The average molecular weight is 350 g/mol. The van der Waals surface area contributed by atoms with Crippen molar-refractivity contribution in [3.05, 3.63) is 0 Å². The van der Waals surface area contributed by atoms with E-state index in [1.54, 1.807) is 0 Å². The quantitative estimate of drug-likeness (QED) is 0.390. The van der Waals surface area contributed by atoms with Crippen LogP contribution < -0.4 is 11.5 Å². The molecule has 7 heteroatoms. The smallest absolute Gasteiger partial charge is 0.373 e. The standard InChI is InChI=1S/C16H39N3O3Si/c1-4-13-20-23(21-14-5-2,22-15-6-3)16-7-10-19(11-8-17)12-9-18/h4-18H2,1-3H3. The molecule has 0 aromatic rings. The van der Waals surface area contributed by atoms with E-state index in [4.69, 9.17) is 24.7 Å². The Balaban J connectivity index is 4.60. The van der Waals surface area contributed by atoms with Gasteiger partial charge in [-0.15, -0.1) is 0 Å². The van der Waals surface area contributed by atoms with E-state index in [0.29, 0.717) is 32.9 Å². The second-order valence-electron chi connectivity index (χ2n) is 5.75. The van der Waals surface area contributed by atoms with Crippen molar-refractivity contribution in [2.45, 2.75) is 52.5 Å². The molecule has 0 spiro atoms. The molecule has 0 fully saturated rings. The van der Waals surface area contributed by atoms with Crippen LogP contribution in [0.5, 0.6) is 0 Å². The number of nitrogens with two attached hydrogens (primary N) is 2. The minimum absolute atomic E-state index is 0.660. The molecular weight excluding hydrogens is 310 g/mol. The van der Waals surface area contributed by atoms with Gasteiger partial charge in [0.2, 0.25) is 0 Å². The highest BCUT2D eigenvalue weighted by molar-refractivity contribution is 6.60. The van der Waals surface area contributed by atoms with Gasteiger partial charge in [-0.05, 0) is 32.2 Å². The van der Waals surface area contributed by atoms with Gasteiger partial charge in [0.15, 0.2) is 0 Å². The minimum Gasteiger partial charge on any atom is -0.373 e. The van der Waals surface area contributed by atoms with E-state index in [2.05, 4.69) is 25.7 Å². The Morgan fingerprint density at radius 3 is 1.52 bits per heavy atom. The topological polar surface area (TPSA) is 83.0 Å². The largest absolute Gasteiger partial charge is 0.501 e. The van der Waals surface area contributed by atoms with Crippen LogP contribution in [0.4, 0.5) is 0 Å². The van der Waals surface area contributed by atoms with Crippen molar-refractivity contribution < 1.29 is 13.3 Å². The molecule has 0 atom stereocenters. The third-order valence-electron chi connectivity index (χ3n) is 3.43. The third kappa shape index (κ3) is 11.2.